The van der Waals surface area contributed by atoms with Crippen molar-refractivity contribution in [2.45, 2.75) is 19.3 Å². The highest BCUT2D eigenvalue weighted by Gasteiger charge is 2.37. The third-order valence-corrected chi connectivity index (χ3v) is 3.66. The van der Waals surface area contributed by atoms with Gasteiger partial charge in [0.05, 0.1) is 5.56 Å². The van der Waals surface area contributed by atoms with Crippen LogP contribution in [0.4, 0.5) is 32.3 Å². The number of rotatable bonds is 3. The predicted octanol–water partition coefficient (Wildman–Crippen LogP) is 2.39. The van der Waals surface area contributed by atoms with E-state index in [1.807, 2.05) is 0 Å². The van der Waals surface area contributed by atoms with Crippen molar-refractivity contribution in [1.29, 1.82) is 0 Å². The van der Waals surface area contributed by atoms with E-state index in [1.54, 1.807) is 0 Å². The van der Waals surface area contributed by atoms with E-state index < -0.39 is 41.0 Å². The molecule has 3 heterocycles. The van der Waals surface area contributed by atoms with Crippen LogP contribution < -0.4 is 5.32 Å². The largest absolute Gasteiger partial charge is 0.434 e. The van der Waals surface area contributed by atoms with Gasteiger partial charge in [0, 0.05) is 13.2 Å². The van der Waals surface area contributed by atoms with Gasteiger partial charge in [-0.05, 0) is 29.5 Å². The molecule has 0 fully saturated rings. The fourth-order valence-electron chi connectivity index (χ4n) is 2.30. The Labute approximate surface area is 157 Å². The van der Waals surface area contributed by atoms with Crippen LogP contribution in [0.15, 0.2) is 18.3 Å². The number of nitrogens with zero attached hydrogens (tertiary/aromatic N) is 7. The van der Waals surface area contributed by atoms with Gasteiger partial charge in [-0.1, -0.05) is 5.10 Å². The summed E-state index contributed by atoms with van der Waals surface area (Å²) in [5, 5.41) is 12.5. The van der Waals surface area contributed by atoms with Gasteiger partial charge in [0.15, 0.2) is 11.5 Å². The molecule has 0 bridgehead atoms. The summed E-state index contributed by atoms with van der Waals surface area (Å²) in [7, 11) is 1.39. The summed E-state index contributed by atoms with van der Waals surface area (Å²) >= 11 is 0. The van der Waals surface area contributed by atoms with Gasteiger partial charge in [0.2, 0.25) is 5.95 Å². The fraction of sp³-hybridized carbons (Fsp3) is 0.286. The minimum Gasteiger partial charge on any atom is -0.289 e. The summed E-state index contributed by atoms with van der Waals surface area (Å²) in [5.74, 6) is -2.13. The maximum absolute atomic E-state index is 13.1. The number of aromatic nitrogens is 7. The zero-order valence-corrected chi connectivity index (χ0v) is 14.5. The first-order valence-corrected chi connectivity index (χ1v) is 7.63. The molecule has 9 nitrogen and oxygen atoms in total. The number of carbonyl (C=O) groups is 1. The Morgan fingerprint density at radius 2 is 1.69 bits per heavy atom. The molecule has 29 heavy (non-hydrogen) atoms. The van der Waals surface area contributed by atoms with Crippen LogP contribution in [0.25, 0.3) is 5.82 Å². The van der Waals surface area contributed by atoms with Gasteiger partial charge in [-0.3, -0.25) is 14.7 Å². The lowest BCUT2D eigenvalue weighted by molar-refractivity contribution is -0.142. The van der Waals surface area contributed by atoms with Crippen molar-refractivity contribution in [2.24, 2.45) is 7.05 Å². The normalized spacial score (nSPS) is 12.3. The Hall–Kier alpha value is -3.52. The third-order valence-electron chi connectivity index (χ3n) is 3.66. The van der Waals surface area contributed by atoms with Crippen LogP contribution in [0.1, 0.15) is 27.6 Å². The first-order valence-electron chi connectivity index (χ1n) is 7.63. The molecule has 3 rings (SSSR count). The predicted molar refractivity (Wildman–Crippen MR) is 82.9 cm³/mol. The maximum atomic E-state index is 13.1. The van der Waals surface area contributed by atoms with Crippen LogP contribution in [0.2, 0.25) is 0 Å². The number of anilines is 1. The molecule has 0 saturated carbocycles. The second-order valence-electron chi connectivity index (χ2n) is 5.69. The van der Waals surface area contributed by atoms with Gasteiger partial charge in [-0.2, -0.15) is 26.3 Å². The fourth-order valence-corrected chi connectivity index (χ4v) is 2.30. The van der Waals surface area contributed by atoms with E-state index in [0.29, 0.717) is 16.8 Å². The van der Waals surface area contributed by atoms with E-state index in [4.69, 9.17) is 0 Å². The van der Waals surface area contributed by atoms with E-state index in [0.717, 1.165) is 17.7 Å². The lowest BCUT2D eigenvalue weighted by atomic mass is 10.2. The molecular weight excluding hydrogens is 410 g/mol. The van der Waals surface area contributed by atoms with Crippen LogP contribution in [-0.2, 0) is 19.4 Å². The van der Waals surface area contributed by atoms with Crippen LogP contribution in [-0.4, -0.2) is 40.6 Å². The van der Waals surface area contributed by atoms with Gasteiger partial charge < -0.3 is 0 Å². The van der Waals surface area contributed by atoms with Crippen molar-refractivity contribution in [2.75, 3.05) is 5.32 Å². The number of hydrogen-bond donors (Lipinski definition) is 1. The molecule has 0 atom stereocenters. The number of pyridine rings is 1. The van der Waals surface area contributed by atoms with Gasteiger partial charge in [-0.15, -0.1) is 0 Å². The molecule has 1 amide bonds. The maximum Gasteiger partial charge on any atom is 0.434 e. The minimum atomic E-state index is -4.89. The van der Waals surface area contributed by atoms with Crippen molar-refractivity contribution in [3.63, 3.8) is 0 Å². The number of tetrazole rings is 1. The number of amides is 1. The topological polar surface area (TPSA) is 103 Å². The molecule has 3 aromatic rings. The molecule has 0 radical (unpaired) electrons. The van der Waals surface area contributed by atoms with Gasteiger partial charge >= 0.3 is 12.4 Å². The smallest absolute Gasteiger partial charge is 0.289 e. The molecule has 3 aromatic heterocycles. The van der Waals surface area contributed by atoms with E-state index in [1.165, 1.54) is 7.05 Å². The van der Waals surface area contributed by atoms with E-state index >= 15 is 0 Å². The number of carbonyl (C=O) groups excluding carboxylic acids is 1. The molecule has 0 spiro atoms. The third kappa shape index (κ3) is 4.02. The molecule has 15 heteroatoms. The monoisotopic (exact) mass is 420 g/mol. The van der Waals surface area contributed by atoms with Gasteiger partial charge in [0.25, 0.3) is 5.91 Å². The van der Waals surface area contributed by atoms with E-state index in [2.05, 4.69) is 30.8 Å². The molecule has 0 aliphatic heterocycles. The van der Waals surface area contributed by atoms with Crippen LogP contribution >= 0.6 is 0 Å². The van der Waals surface area contributed by atoms with Crippen molar-refractivity contribution in [1.82, 2.24) is 34.7 Å². The lowest BCUT2D eigenvalue weighted by Crippen LogP contribution is -2.20. The summed E-state index contributed by atoms with van der Waals surface area (Å²) in [5.41, 5.74) is -3.20. The first kappa shape index (κ1) is 20.2. The van der Waals surface area contributed by atoms with E-state index in [9.17, 15) is 31.1 Å². The van der Waals surface area contributed by atoms with Crippen LogP contribution in [0.3, 0.4) is 0 Å². The van der Waals surface area contributed by atoms with Gasteiger partial charge in [-0.25, -0.2) is 14.6 Å². The number of aryl methyl sites for hydroxylation is 2. The lowest BCUT2D eigenvalue weighted by Gasteiger charge is -2.13. The number of nitrogens with one attached hydrogen (secondary N) is 1. The SMILES string of the molecule is Cc1nc(C(F)(F)F)cn1-c1nc(C(F)(F)F)ccc1C(=O)Nc1nnnn1C. The summed E-state index contributed by atoms with van der Waals surface area (Å²) in [6, 6.07) is 1.32. The Bertz CT molecular complexity index is 1070. The summed E-state index contributed by atoms with van der Waals surface area (Å²) in [4.78, 5) is 19.2. The average molecular weight is 420 g/mol. The minimum absolute atomic E-state index is 0.140. The zero-order valence-electron chi connectivity index (χ0n) is 14.5. The summed E-state index contributed by atoms with van der Waals surface area (Å²) in [6.45, 7) is 1.13. The van der Waals surface area contributed by atoms with Crippen molar-refractivity contribution < 1.29 is 31.1 Å². The van der Waals surface area contributed by atoms with Crippen LogP contribution in [0.5, 0.6) is 0 Å². The standard InChI is InChI=1S/C14H10F6N8O/c1-6-21-9(14(18,19)20)5-28(6)10-7(3-4-8(22-10)13(15,16)17)11(29)23-12-24-25-26-27(12)2/h3-5H,1-2H3,(H,23,24,26,29). The number of alkyl halides is 6. The molecule has 154 valence electrons. The Morgan fingerprint density at radius 3 is 2.21 bits per heavy atom. The zero-order chi connectivity index (χ0) is 21.6. The van der Waals surface area contributed by atoms with Crippen molar-refractivity contribution in [3.05, 3.63) is 41.1 Å². The Kier molecular flexibility index (Phi) is 4.76. The number of halogens is 6. The van der Waals surface area contributed by atoms with E-state index in [-0.39, 0.29) is 11.8 Å². The molecule has 0 aromatic carbocycles. The highest BCUT2D eigenvalue weighted by molar-refractivity contribution is 6.05. The number of hydrogen-bond acceptors (Lipinski definition) is 6. The number of imidazole rings is 1. The Balaban J connectivity index is 2.14. The first-order chi connectivity index (χ1) is 13.4. The van der Waals surface area contributed by atoms with Crippen molar-refractivity contribution >= 4 is 11.9 Å². The molecule has 0 aliphatic rings. The molecule has 0 aliphatic carbocycles. The second-order valence-corrected chi connectivity index (χ2v) is 5.69. The molecule has 1 N–H and O–H groups in total. The van der Waals surface area contributed by atoms with Crippen molar-refractivity contribution in [3.8, 4) is 5.82 Å². The Morgan fingerprint density at radius 1 is 1.03 bits per heavy atom. The summed E-state index contributed by atoms with van der Waals surface area (Å²) < 4.78 is 79.8. The molecule has 0 unspecified atom stereocenters. The average Bonchev–Trinajstić information content (AvgIpc) is 3.19. The molecule has 0 saturated heterocycles. The second kappa shape index (κ2) is 6.82. The van der Waals surface area contributed by atoms with Crippen LogP contribution in [0, 0.1) is 6.92 Å². The van der Waals surface area contributed by atoms with Gasteiger partial charge in [0.1, 0.15) is 11.5 Å². The highest BCUT2D eigenvalue weighted by atomic mass is 19.4. The molecular formula is C14H10F6N8O. The quantitative estimate of drug-likeness (QED) is 0.653. The highest BCUT2D eigenvalue weighted by Crippen LogP contribution is 2.32. The summed E-state index contributed by atoms with van der Waals surface area (Å²) in [6.07, 6.45) is -9.28.